The summed E-state index contributed by atoms with van der Waals surface area (Å²) >= 11 is 1.62. The number of Topliss-reactive ketones (excluding diaryl/α,β-unsaturated/α-hetero) is 1. The maximum absolute atomic E-state index is 11.7. The molecule has 0 amide bonds. The molecule has 0 saturated heterocycles. The zero-order chi connectivity index (χ0) is 10.7. The fraction of sp³-hybridized carbons (Fsp3) is 0.583. The first-order valence-electron chi connectivity index (χ1n) is 5.11. The summed E-state index contributed by atoms with van der Waals surface area (Å²) in [5.41, 5.74) is 1.24. The van der Waals surface area contributed by atoms with Crippen LogP contribution in [0.5, 0.6) is 0 Å². The first kappa shape index (κ1) is 11.4. The summed E-state index contributed by atoms with van der Waals surface area (Å²) in [4.78, 5) is 13.9. The Morgan fingerprint density at radius 3 is 2.50 bits per heavy atom. The maximum Gasteiger partial charge on any atom is 0.172 e. The summed E-state index contributed by atoms with van der Waals surface area (Å²) in [6.07, 6.45) is 1.69. The van der Waals surface area contributed by atoms with E-state index in [9.17, 15) is 4.79 Å². The molecule has 78 valence electrons. The third-order valence-corrected chi connectivity index (χ3v) is 3.58. The fourth-order valence-corrected chi connectivity index (χ4v) is 2.25. The van der Waals surface area contributed by atoms with E-state index >= 15 is 0 Å². The molecule has 0 aliphatic rings. The van der Waals surface area contributed by atoms with Crippen LogP contribution < -0.4 is 0 Å². The lowest BCUT2D eigenvalue weighted by atomic mass is 10.1. The second-order valence-electron chi connectivity index (χ2n) is 4.21. The topological polar surface area (TPSA) is 17.1 Å². The number of aryl methyl sites for hydroxylation is 2. The minimum atomic E-state index is 0.305. The molecular formula is C12H18OS. The maximum atomic E-state index is 11.7. The Hall–Kier alpha value is -0.630. The van der Waals surface area contributed by atoms with E-state index in [1.165, 1.54) is 10.4 Å². The van der Waals surface area contributed by atoms with Crippen LogP contribution in [0.2, 0.25) is 0 Å². The van der Waals surface area contributed by atoms with E-state index in [0.717, 1.165) is 11.3 Å². The minimum absolute atomic E-state index is 0.305. The van der Waals surface area contributed by atoms with E-state index in [1.54, 1.807) is 11.3 Å². The van der Waals surface area contributed by atoms with Crippen LogP contribution in [0, 0.1) is 19.8 Å². The first-order chi connectivity index (χ1) is 6.50. The van der Waals surface area contributed by atoms with E-state index < -0.39 is 0 Å². The number of carbonyl (C=O) groups is 1. The molecule has 0 atom stereocenters. The number of hydrogen-bond donors (Lipinski definition) is 0. The molecule has 1 heterocycles. The Labute approximate surface area is 90.2 Å². The number of hydrogen-bond acceptors (Lipinski definition) is 2. The van der Waals surface area contributed by atoms with Gasteiger partial charge in [0.2, 0.25) is 0 Å². The van der Waals surface area contributed by atoms with Crippen LogP contribution in [0.3, 0.4) is 0 Å². The molecule has 0 saturated carbocycles. The quantitative estimate of drug-likeness (QED) is 0.687. The van der Waals surface area contributed by atoms with E-state index in [1.807, 2.05) is 6.07 Å². The molecule has 1 aromatic rings. The van der Waals surface area contributed by atoms with Crippen LogP contribution in [-0.4, -0.2) is 5.78 Å². The van der Waals surface area contributed by atoms with Crippen molar-refractivity contribution in [1.82, 2.24) is 0 Å². The Morgan fingerprint density at radius 2 is 2.07 bits per heavy atom. The van der Waals surface area contributed by atoms with Gasteiger partial charge in [0.25, 0.3) is 0 Å². The van der Waals surface area contributed by atoms with Gasteiger partial charge in [-0.1, -0.05) is 13.8 Å². The van der Waals surface area contributed by atoms with Gasteiger partial charge in [0.1, 0.15) is 0 Å². The van der Waals surface area contributed by atoms with Crippen LogP contribution in [0.25, 0.3) is 0 Å². The van der Waals surface area contributed by atoms with E-state index in [0.29, 0.717) is 18.1 Å². The van der Waals surface area contributed by atoms with Gasteiger partial charge in [0.15, 0.2) is 5.78 Å². The Bertz CT molecular complexity index is 304. The lowest BCUT2D eigenvalue weighted by molar-refractivity contribution is 0.0979. The second kappa shape index (κ2) is 4.74. The number of ketones is 1. The normalized spacial score (nSPS) is 10.9. The smallest absolute Gasteiger partial charge is 0.172 e. The summed E-state index contributed by atoms with van der Waals surface area (Å²) in [6.45, 7) is 8.43. The van der Waals surface area contributed by atoms with Crippen LogP contribution in [0.15, 0.2) is 6.07 Å². The number of carbonyl (C=O) groups excluding carboxylic acids is 1. The summed E-state index contributed by atoms with van der Waals surface area (Å²) in [6, 6.07) is 2.02. The van der Waals surface area contributed by atoms with Gasteiger partial charge in [0, 0.05) is 11.3 Å². The Kier molecular flexibility index (Phi) is 3.87. The molecule has 14 heavy (non-hydrogen) atoms. The standard InChI is InChI=1S/C12H18OS/c1-8(2)5-6-11(13)12-7-9(3)10(4)14-12/h7-8H,5-6H2,1-4H3. The number of rotatable bonds is 4. The second-order valence-corrected chi connectivity index (χ2v) is 5.46. The van der Waals surface area contributed by atoms with Crippen LogP contribution >= 0.6 is 11.3 Å². The molecule has 0 aliphatic heterocycles. The molecule has 0 radical (unpaired) electrons. The van der Waals surface area contributed by atoms with Crippen molar-refractivity contribution in [3.8, 4) is 0 Å². The average molecular weight is 210 g/mol. The van der Waals surface area contributed by atoms with Gasteiger partial charge in [0.05, 0.1) is 4.88 Å². The van der Waals surface area contributed by atoms with Gasteiger partial charge < -0.3 is 0 Å². The van der Waals surface area contributed by atoms with Crippen LogP contribution in [0.1, 0.15) is 46.8 Å². The highest BCUT2D eigenvalue weighted by Crippen LogP contribution is 2.22. The molecular weight excluding hydrogens is 192 g/mol. The van der Waals surface area contributed by atoms with Crippen molar-refractivity contribution < 1.29 is 4.79 Å². The van der Waals surface area contributed by atoms with Crippen molar-refractivity contribution in [3.63, 3.8) is 0 Å². The highest BCUT2D eigenvalue weighted by molar-refractivity contribution is 7.14. The molecule has 1 aromatic heterocycles. The molecule has 1 rings (SSSR count). The van der Waals surface area contributed by atoms with Crippen molar-refractivity contribution in [2.45, 2.75) is 40.5 Å². The van der Waals surface area contributed by atoms with Crippen molar-refractivity contribution in [3.05, 3.63) is 21.4 Å². The van der Waals surface area contributed by atoms with Crippen molar-refractivity contribution in [1.29, 1.82) is 0 Å². The molecule has 1 nitrogen and oxygen atoms in total. The minimum Gasteiger partial charge on any atom is -0.293 e. The van der Waals surface area contributed by atoms with Gasteiger partial charge >= 0.3 is 0 Å². The van der Waals surface area contributed by atoms with Crippen molar-refractivity contribution in [2.24, 2.45) is 5.92 Å². The van der Waals surface area contributed by atoms with Gasteiger partial charge in [-0.2, -0.15) is 0 Å². The first-order valence-corrected chi connectivity index (χ1v) is 5.92. The largest absolute Gasteiger partial charge is 0.293 e. The van der Waals surface area contributed by atoms with Crippen molar-refractivity contribution >= 4 is 17.1 Å². The molecule has 0 unspecified atom stereocenters. The fourth-order valence-electron chi connectivity index (χ4n) is 1.25. The zero-order valence-corrected chi connectivity index (χ0v) is 10.2. The molecule has 0 bridgehead atoms. The predicted octanol–water partition coefficient (Wildman–Crippen LogP) is 3.98. The predicted molar refractivity (Wildman–Crippen MR) is 62.2 cm³/mol. The zero-order valence-electron chi connectivity index (χ0n) is 9.39. The number of thiophene rings is 1. The van der Waals surface area contributed by atoms with E-state index in [2.05, 4.69) is 27.7 Å². The molecule has 0 fully saturated rings. The Balaban J connectivity index is 2.61. The Morgan fingerprint density at radius 1 is 1.43 bits per heavy atom. The SMILES string of the molecule is Cc1cc(C(=O)CCC(C)C)sc1C. The summed E-state index contributed by atoms with van der Waals surface area (Å²) < 4.78 is 0. The molecule has 0 N–H and O–H groups in total. The van der Waals surface area contributed by atoms with E-state index in [-0.39, 0.29) is 0 Å². The lowest BCUT2D eigenvalue weighted by Gasteiger charge is -2.01. The average Bonchev–Trinajstić information content (AvgIpc) is 2.43. The van der Waals surface area contributed by atoms with E-state index in [4.69, 9.17) is 0 Å². The molecule has 0 spiro atoms. The monoisotopic (exact) mass is 210 g/mol. The third kappa shape index (κ3) is 2.95. The van der Waals surface area contributed by atoms with Crippen molar-refractivity contribution in [2.75, 3.05) is 0 Å². The highest BCUT2D eigenvalue weighted by Gasteiger charge is 2.10. The summed E-state index contributed by atoms with van der Waals surface area (Å²) in [7, 11) is 0. The van der Waals surface area contributed by atoms with Gasteiger partial charge in [-0.3, -0.25) is 4.79 Å². The highest BCUT2D eigenvalue weighted by atomic mass is 32.1. The molecule has 2 heteroatoms. The van der Waals surface area contributed by atoms with Gasteiger partial charge in [-0.05, 0) is 37.8 Å². The van der Waals surface area contributed by atoms with Crippen LogP contribution in [-0.2, 0) is 0 Å². The van der Waals surface area contributed by atoms with Gasteiger partial charge in [-0.25, -0.2) is 0 Å². The van der Waals surface area contributed by atoms with Crippen LogP contribution in [0.4, 0.5) is 0 Å². The molecule has 0 aliphatic carbocycles. The third-order valence-electron chi connectivity index (χ3n) is 2.39. The van der Waals surface area contributed by atoms with Gasteiger partial charge in [-0.15, -0.1) is 11.3 Å². The molecule has 0 aromatic carbocycles. The summed E-state index contributed by atoms with van der Waals surface area (Å²) in [5.74, 6) is 0.918. The lowest BCUT2D eigenvalue weighted by Crippen LogP contribution is -1.98. The summed E-state index contributed by atoms with van der Waals surface area (Å²) in [5, 5.41) is 0.